The zero-order valence-electron chi connectivity index (χ0n) is 13.4. The van der Waals surface area contributed by atoms with E-state index in [0.717, 1.165) is 16.0 Å². The highest BCUT2D eigenvalue weighted by Gasteiger charge is 2.24. The lowest BCUT2D eigenvalue weighted by molar-refractivity contribution is -0.125. The Morgan fingerprint density at radius 2 is 1.91 bits per heavy atom. The molecule has 1 amide bonds. The number of aryl methyl sites for hydroxylation is 1. The number of carbonyl (C=O) groups is 2. The van der Waals surface area contributed by atoms with E-state index in [4.69, 9.17) is 5.11 Å². The number of hydrogen-bond acceptors (Lipinski definition) is 4. The first-order valence-electron chi connectivity index (χ1n) is 7.22. The van der Waals surface area contributed by atoms with Gasteiger partial charge in [0.1, 0.15) is 10.9 Å². The van der Waals surface area contributed by atoms with Gasteiger partial charge in [-0.05, 0) is 44.3 Å². The molecule has 2 rings (SSSR count). The topological polar surface area (TPSA) is 69.6 Å². The van der Waals surface area contributed by atoms with Gasteiger partial charge < -0.3 is 10.4 Å². The van der Waals surface area contributed by atoms with E-state index in [1.807, 2.05) is 50.2 Å². The van der Waals surface area contributed by atoms with Crippen molar-refractivity contribution in [2.75, 3.05) is 14.1 Å². The molecule has 1 heterocycles. The van der Waals surface area contributed by atoms with Crippen molar-refractivity contribution in [1.82, 2.24) is 10.2 Å². The first-order chi connectivity index (χ1) is 10.9. The molecule has 0 aliphatic heterocycles. The standard InChI is InChI=1S/C17H20N2O3S/c1-11-6-4-5-7-13(11)15(19(2)3)16(20)18-10-12-8-9-14(23-12)17(21)22/h4-9,15H,10H2,1-3H3,(H,18,20)(H,21,22)/t15-/m1/s1. The first kappa shape index (κ1) is 17.2. The van der Waals surface area contributed by atoms with Crippen molar-refractivity contribution in [1.29, 1.82) is 0 Å². The van der Waals surface area contributed by atoms with E-state index in [1.54, 1.807) is 12.1 Å². The van der Waals surface area contributed by atoms with Crippen molar-refractivity contribution >= 4 is 23.2 Å². The number of nitrogens with zero attached hydrogens (tertiary/aromatic N) is 1. The van der Waals surface area contributed by atoms with Crippen molar-refractivity contribution < 1.29 is 14.7 Å². The van der Waals surface area contributed by atoms with Crippen molar-refractivity contribution in [2.45, 2.75) is 19.5 Å². The fourth-order valence-electron chi connectivity index (χ4n) is 2.41. The second-order valence-electron chi connectivity index (χ2n) is 5.51. The van der Waals surface area contributed by atoms with Crippen LogP contribution >= 0.6 is 11.3 Å². The van der Waals surface area contributed by atoms with Crippen molar-refractivity contribution in [2.24, 2.45) is 0 Å². The Balaban J connectivity index is 2.10. The molecule has 0 radical (unpaired) electrons. The Bertz CT molecular complexity index is 709. The van der Waals surface area contributed by atoms with Crippen LogP contribution in [-0.4, -0.2) is 36.0 Å². The summed E-state index contributed by atoms with van der Waals surface area (Å²) < 4.78 is 0. The summed E-state index contributed by atoms with van der Waals surface area (Å²) in [6.07, 6.45) is 0. The monoisotopic (exact) mass is 332 g/mol. The van der Waals surface area contributed by atoms with Gasteiger partial charge in [0.25, 0.3) is 0 Å². The van der Waals surface area contributed by atoms with Gasteiger partial charge in [0, 0.05) is 4.88 Å². The number of benzene rings is 1. The highest BCUT2D eigenvalue weighted by atomic mass is 32.1. The van der Waals surface area contributed by atoms with E-state index in [2.05, 4.69) is 5.32 Å². The third-order valence-electron chi connectivity index (χ3n) is 3.56. The fourth-order valence-corrected chi connectivity index (χ4v) is 3.19. The summed E-state index contributed by atoms with van der Waals surface area (Å²) in [5.41, 5.74) is 2.03. The minimum atomic E-state index is -0.946. The molecule has 0 saturated heterocycles. The average Bonchev–Trinajstić information content (AvgIpc) is 2.96. The molecule has 2 N–H and O–H groups in total. The van der Waals surface area contributed by atoms with Gasteiger partial charge in [-0.1, -0.05) is 24.3 Å². The van der Waals surface area contributed by atoms with E-state index in [9.17, 15) is 9.59 Å². The number of thiophene rings is 1. The van der Waals surface area contributed by atoms with Gasteiger partial charge in [0.05, 0.1) is 6.54 Å². The third kappa shape index (κ3) is 4.18. The van der Waals surface area contributed by atoms with Gasteiger partial charge in [-0.2, -0.15) is 0 Å². The van der Waals surface area contributed by atoms with Crippen LogP contribution in [0.2, 0.25) is 0 Å². The van der Waals surface area contributed by atoms with Crippen LogP contribution in [0.4, 0.5) is 0 Å². The Morgan fingerprint density at radius 3 is 2.48 bits per heavy atom. The third-order valence-corrected chi connectivity index (χ3v) is 4.63. The Morgan fingerprint density at radius 1 is 1.22 bits per heavy atom. The molecular weight excluding hydrogens is 312 g/mol. The van der Waals surface area contributed by atoms with Crippen LogP contribution in [0.3, 0.4) is 0 Å². The Hall–Kier alpha value is -2.18. The molecule has 0 aliphatic carbocycles. The SMILES string of the molecule is Cc1ccccc1[C@H](C(=O)NCc1ccc(C(=O)O)s1)N(C)C. The highest BCUT2D eigenvalue weighted by molar-refractivity contribution is 7.13. The van der Waals surface area contributed by atoms with Gasteiger partial charge in [-0.25, -0.2) is 4.79 Å². The summed E-state index contributed by atoms with van der Waals surface area (Å²) in [4.78, 5) is 26.4. The van der Waals surface area contributed by atoms with Crippen LogP contribution in [0.15, 0.2) is 36.4 Å². The fraction of sp³-hybridized carbons (Fsp3) is 0.294. The molecule has 1 aromatic heterocycles. The molecule has 5 nitrogen and oxygen atoms in total. The van der Waals surface area contributed by atoms with Crippen molar-refractivity contribution in [3.05, 3.63) is 57.3 Å². The number of aromatic carboxylic acids is 1. The molecule has 0 saturated carbocycles. The predicted octanol–water partition coefficient (Wildman–Crippen LogP) is 2.67. The smallest absolute Gasteiger partial charge is 0.345 e. The van der Waals surface area contributed by atoms with Gasteiger partial charge in [-0.3, -0.25) is 9.69 Å². The van der Waals surface area contributed by atoms with E-state index in [-0.39, 0.29) is 16.8 Å². The first-order valence-corrected chi connectivity index (χ1v) is 8.03. The van der Waals surface area contributed by atoms with E-state index in [1.165, 1.54) is 11.3 Å². The lowest BCUT2D eigenvalue weighted by Gasteiger charge is -2.25. The summed E-state index contributed by atoms with van der Waals surface area (Å²) in [6.45, 7) is 2.31. The molecular formula is C17H20N2O3S. The maximum Gasteiger partial charge on any atom is 0.345 e. The summed E-state index contributed by atoms with van der Waals surface area (Å²) in [7, 11) is 3.73. The Kier molecular flexibility index (Phi) is 5.52. The predicted molar refractivity (Wildman–Crippen MR) is 90.7 cm³/mol. The van der Waals surface area contributed by atoms with Crippen LogP contribution in [0.25, 0.3) is 0 Å². The van der Waals surface area contributed by atoms with E-state index >= 15 is 0 Å². The quantitative estimate of drug-likeness (QED) is 0.853. The molecule has 0 spiro atoms. The molecule has 23 heavy (non-hydrogen) atoms. The number of rotatable bonds is 6. The molecule has 1 atom stereocenters. The van der Waals surface area contributed by atoms with Gasteiger partial charge in [0.15, 0.2) is 0 Å². The van der Waals surface area contributed by atoms with Crippen molar-refractivity contribution in [3.8, 4) is 0 Å². The van der Waals surface area contributed by atoms with E-state index < -0.39 is 5.97 Å². The molecule has 0 fully saturated rings. The summed E-state index contributed by atoms with van der Waals surface area (Å²) in [5, 5.41) is 11.8. The van der Waals surface area contributed by atoms with Crippen LogP contribution < -0.4 is 5.32 Å². The summed E-state index contributed by atoms with van der Waals surface area (Å²) in [6, 6.07) is 10.7. The minimum absolute atomic E-state index is 0.102. The molecule has 1 aromatic carbocycles. The second kappa shape index (κ2) is 7.39. The molecule has 0 unspecified atom stereocenters. The van der Waals surface area contributed by atoms with Crippen LogP contribution in [0, 0.1) is 6.92 Å². The van der Waals surface area contributed by atoms with Crippen LogP contribution in [0.5, 0.6) is 0 Å². The number of likely N-dealkylation sites (N-methyl/N-ethyl adjacent to an activating group) is 1. The zero-order valence-corrected chi connectivity index (χ0v) is 14.2. The zero-order chi connectivity index (χ0) is 17.0. The number of nitrogens with one attached hydrogen (secondary N) is 1. The summed E-state index contributed by atoms with van der Waals surface area (Å²) >= 11 is 1.17. The molecule has 0 bridgehead atoms. The van der Waals surface area contributed by atoms with Crippen LogP contribution in [-0.2, 0) is 11.3 Å². The lowest BCUT2D eigenvalue weighted by Crippen LogP contribution is -2.37. The number of amides is 1. The number of hydrogen-bond donors (Lipinski definition) is 2. The molecule has 2 aromatic rings. The maximum absolute atomic E-state index is 12.6. The average molecular weight is 332 g/mol. The lowest BCUT2D eigenvalue weighted by atomic mass is 10.00. The van der Waals surface area contributed by atoms with Gasteiger partial charge in [-0.15, -0.1) is 11.3 Å². The highest BCUT2D eigenvalue weighted by Crippen LogP contribution is 2.22. The molecule has 122 valence electrons. The molecule has 0 aliphatic rings. The number of carboxylic acid groups (broad SMARTS) is 1. The molecule has 6 heteroatoms. The number of carboxylic acids is 1. The van der Waals surface area contributed by atoms with Crippen LogP contribution in [0.1, 0.15) is 31.7 Å². The normalized spacial score (nSPS) is 12.2. The minimum Gasteiger partial charge on any atom is -0.477 e. The second-order valence-corrected chi connectivity index (χ2v) is 6.68. The Labute approximate surface area is 139 Å². The van der Waals surface area contributed by atoms with E-state index in [0.29, 0.717) is 6.54 Å². The van der Waals surface area contributed by atoms with Crippen molar-refractivity contribution in [3.63, 3.8) is 0 Å². The summed E-state index contributed by atoms with van der Waals surface area (Å²) in [5.74, 6) is -1.05. The number of carbonyl (C=O) groups excluding carboxylic acids is 1. The van der Waals surface area contributed by atoms with Gasteiger partial charge in [0.2, 0.25) is 5.91 Å². The van der Waals surface area contributed by atoms with Gasteiger partial charge >= 0.3 is 5.97 Å². The largest absolute Gasteiger partial charge is 0.477 e. The maximum atomic E-state index is 12.6.